The number of halogens is 1. The highest BCUT2D eigenvalue weighted by Gasteiger charge is 2.27. The lowest BCUT2D eigenvalue weighted by Gasteiger charge is -2.33. The number of nitrogens with zero attached hydrogens (tertiary/aromatic N) is 1. The van der Waals surface area contributed by atoms with Crippen molar-refractivity contribution in [2.75, 3.05) is 19.0 Å². The van der Waals surface area contributed by atoms with Crippen molar-refractivity contribution in [3.63, 3.8) is 0 Å². The van der Waals surface area contributed by atoms with Gasteiger partial charge in [0.15, 0.2) is 5.11 Å². The molecule has 0 radical (unpaired) electrons. The molecule has 30 heavy (non-hydrogen) atoms. The Bertz CT molecular complexity index is 884. The predicted molar refractivity (Wildman–Crippen MR) is 127 cm³/mol. The van der Waals surface area contributed by atoms with Gasteiger partial charge in [-0.3, -0.25) is 4.79 Å². The molecular formula is C23H27BrN2O3S. The van der Waals surface area contributed by atoms with E-state index in [1.165, 1.54) is 5.56 Å². The van der Waals surface area contributed by atoms with Gasteiger partial charge in [-0.1, -0.05) is 34.1 Å². The topological polar surface area (TPSA) is 61.8 Å². The fourth-order valence-corrected chi connectivity index (χ4v) is 4.59. The molecule has 0 atom stereocenters. The number of carboxylic acids is 1. The SMILES string of the molecule is COc1cccc(NC(=S)N(Cc2cccc(Br)c2)CC2CCC(C(=O)O)CC2)c1. The van der Waals surface area contributed by atoms with Crippen molar-refractivity contribution in [2.24, 2.45) is 11.8 Å². The summed E-state index contributed by atoms with van der Waals surface area (Å²) in [5, 5.41) is 13.3. The molecule has 0 bridgehead atoms. The van der Waals surface area contributed by atoms with Crippen LogP contribution >= 0.6 is 28.1 Å². The van der Waals surface area contributed by atoms with Gasteiger partial charge in [-0.05, 0) is 73.6 Å². The highest BCUT2D eigenvalue weighted by molar-refractivity contribution is 9.10. The van der Waals surface area contributed by atoms with Gasteiger partial charge in [0.05, 0.1) is 13.0 Å². The normalized spacial score (nSPS) is 18.5. The standard InChI is InChI=1S/C23H27BrN2O3S/c1-29-21-7-3-6-20(13-21)25-23(30)26(15-17-4-2-5-19(24)12-17)14-16-8-10-18(11-9-16)22(27)28/h2-7,12-13,16,18H,8-11,14-15H2,1H3,(H,25,30)(H,27,28). The molecule has 0 aliphatic heterocycles. The lowest BCUT2D eigenvalue weighted by atomic mass is 9.82. The van der Waals surface area contributed by atoms with Crippen LogP contribution in [0.25, 0.3) is 0 Å². The van der Waals surface area contributed by atoms with Crippen LogP contribution in [-0.2, 0) is 11.3 Å². The van der Waals surface area contributed by atoms with Gasteiger partial charge in [-0.2, -0.15) is 0 Å². The molecule has 1 aliphatic rings. The largest absolute Gasteiger partial charge is 0.497 e. The van der Waals surface area contributed by atoms with Crippen molar-refractivity contribution in [1.29, 1.82) is 0 Å². The Morgan fingerprint density at radius 1 is 1.20 bits per heavy atom. The number of rotatable bonds is 7. The van der Waals surface area contributed by atoms with Crippen molar-refractivity contribution >= 4 is 44.9 Å². The van der Waals surface area contributed by atoms with E-state index in [0.29, 0.717) is 17.6 Å². The smallest absolute Gasteiger partial charge is 0.306 e. The first-order valence-corrected chi connectivity index (χ1v) is 11.3. The number of carbonyl (C=O) groups is 1. The Balaban J connectivity index is 1.71. The van der Waals surface area contributed by atoms with E-state index in [1.807, 2.05) is 36.4 Å². The first kappa shape index (κ1) is 22.6. The van der Waals surface area contributed by atoms with Gasteiger partial charge in [0, 0.05) is 29.3 Å². The second-order valence-corrected chi connectivity index (χ2v) is 9.03. The molecule has 0 amide bonds. The molecule has 3 rings (SSSR count). The van der Waals surface area contributed by atoms with Gasteiger partial charge in [0.25, 0.3) is 0 Å². The van der Waals surface area contributed by atoms with Crippen molar-refractivity contribution in [3.05, 3.63) is 58.6 Å². The minimum absolute atomic E-state index is 0.207. The highest BCUT2D eigenvalue weighted by atomic mass is 79.9. The molecule has 1 saturated carbocycles. The Hall–Kier alpha value is -2.12. The number of nitrogens with one attached hydrogen (secondary N) is 1. The van der Waals surface area contributed by atoms with Crippen molar-refractivity contribution in [2.45, 2.75) is 32.2 Å². The molecule has 5 nitrogen and oxygen atoms in total. The third kappa shape index (κ3) is 6.44. The van der Waals surface area contributed by atoms with Gasteiger partial charge < -0.3 is 20.1 Å². The second kappa shape index (κ2) is 10.8. The predicted octanol–water partition coefficient (Wildman–Crippen LogP) is 5.55. The maximum absolute atomic E-state index is 11.3. The molecule has 0 heterocycles. The van der Waals surface area contributed by atoms with Crippen LogP contribution in [0.15, 0.2) is 53.0 Å². The van der Waals surface area contributed by atoms with E-state index >= 15 is 0 Å². The van der Waals surface area contributed by atoms with E-state index in [-0.39, 0.29) is 5.92 Å². The first-order chi connectivity index (χ1) is 14.4. The summed E-state index contributed by atoms with van der Waals surface area (Å²) < 4.78 is 6.34. The molecular weight excluding hydrogens is 464 g/mol. The third-order valence-corrected chi connectivity index (χ3v) is 6.40. The van der Waals surface area contributed by atoms with Gasteiger partial charge >= 0.3 is 5.97 Å². The Kier molecular flexibility index (Phi) is 8.10. The second-order valence-electron chi connectivity index (χ2n) is 7.73. The fraction of sp³-hybridized carbons (Fsp3) is 0.391. The van der Waals surface area contributed by atoms with E-state index < -0.39 is 5.97 Å². The molecule has 160 valence electrons. The van der Waals surface area contributed by atoms with E-state index in [4.69, 9.17) is 17.0 Å². The molecule has 1 fully saturated rings. The van der Waals surface area contributed by atoms with Crippen LogP contribution in [0.5, 0.6) is 5.75 Å². The van der Waals surface area contributed by atoms with E-state index in [0.717, 1.165) is 48.1 Å². The van der Waals surface area contributed by atoms with Gasteiger partial charge in [0.2, 0.25) is 0 Å². The molecule has 2 N–H and O–H groups in total. The minimum Gasteiger partial charge on any atom is -0.497 e. The number of thiocarbonyl (C=S) groups is 1. The van der Waals surface area contributed by atoms with Gasteiger partial charge in [0.1, 0.15) is 5.75 Å². The number of anilines is 1. The molecule has 7 heteroatoms. The first-order valence-electron chi connectivity index (χ1n) is 10.1. The zero-order chi connectivity index (χ0) is 21.5. The van der Waals surface area contributed by atoms with E-state index in [1.54, 1.807) is 7.11 Å². The minimum atomic E-state index is -0.672. The van der Waals surface area contributed by atoms with Gasteiger partial charge in [-0.25, -0.2) is 0 Å². The molecule has 0 saturated heterocycles. The number of benzene rings is 2. The maximum Gasteiger partial charge on any atom is 0.306 e. The Morgan fingerprint density at radius 2 is 1.93 bits per heavy atom. The number of aliphatic carboxylic acids is 1. The molecule has 0 unspecified atom stereocenters. The quantitative estimate of drug-likeness (QED) is 0.496. The van der Waals surface area contributed by atoms with Crippen LogP contribution < -0.4 is 10.1 Å². The fourth-order valence-electron chi connectivity index (χ4n) is 3.88. The number of methoxy groups -OCH3 is 1. The Labute approximate surface area is 191 Å². The molecule has 2 aromatic carbocycles. The lowest BCUT2D eigenvalue weighted by Crippen LogP contribution is -2.39. The monoisotopic (exact) mass is 490 g/mol. The van der Waals surface area contributed by atoms with Crippen LogP contribution in [0.4, 0.5) is 5.69 Å². The summed E-state index contributed by atoms with van der Waals surface area (Å²) in [5.74, 6) is 0.322. The summed E-state index contributed by atoms with van der Waals surface area (Å²) in [6.45, 7) is 1.49. The number of hydrogen-bond acceptors (Lipinski definition) is 3. The van der Waals surface area contributed by atoms with Crippen molar-refractivity contribution < 1.29 is 14.6 Å². The van der Waals surface area contributed by atoms with Crippen molar-refractivity contribution in [3.8, 4) is 5.75 Å². The summed E-state index contributed by atoms with van der Waals surface area (Å²) in [6, 6.07) is 15.9. The van der Waals surface area contributed by atoms with Gasteiger partial charge in [-0.15, -0.1) is 0 Å². The molecule has 0 aromatic heterocycles. The molecule has 2 aromatic rings. The van der Waals surface area contributed by atoms with E-state index in [9.17, 15) is 9.90 Å². The van der Waals surface area contributed by atoms with Crippen LogP contribution in [0.1, 0.15) is 31.2 Å². The summed E-state index contributed by atoms with van der Waals surface area (Å²) in [6.07, 6.45) is 3.29. The molecule has 1 aliphatic carbocycles. The summed E-state index contributed by atoms with van der Waals surface area (Å²) in [5.41, 5.74) is 2.05. The zero-order valence-corrected chi connectivity index (χ0v) is 19.4. The molecule has 0 spiro atoms. The average Bonchev–Trinajstić information content (AvgIpc) is 2.74. The number of hydrogen-bond donors (Lipinski definition) is 2. The van der Waals surface area contributed by atoms with Crippen LogP contribution in [0, 0.1) is 11.8 Å². The highest BCUT2D eigenvalue weighted by Crippen LogP contribution is 2.30. The summed E-state index contributed by atoms with van der Waals surface area (Å²) >= 11 is 9.31. The third-order valence-electron chi connectivity index (χ3n) is 5.55. The number of ether oxygens (including phenoxy) is 1. The maximum atomic E-state index is 11.3. The van der Waals surface area contributed by atoms with Crippen LogP contribution in [0.2, 0.25) is 0 Å². The van der Waals surface area contributed by atoms with Crippen LogP contribution in [0.3, 0.4) is 0 Å². The van der Waals surface area contributed by atoms with Crippen LogP contribution in [-0.4, -0.2) is 34.7 Å². The summed E-state index contributed by atoms with van der Waals surface area (Å²) in [7, 11) is 1.64. The lowest BCUT2D eigenvalue weighted by molar-refractivity contribution is -0.143. The average molecular weight is 491 g/mol. The van der Waals surface area contributed by atoms with Crippen molar-refractivity contribution in [1.82, 2.24) is 4.90 Å². The summed E-state index contributed by atoms with van der Waals surface area (Å²) in [4.78, 5) is 13.4. The number of carboxylic acid groups (broad SMARTS) is 1. The Morgan fingerprint density at radius 3 is 2.60 bits per heavy atom. The zero-order valence-electron chi connectivity index (χ0n) is 17.0. The van der Waals surface area contributed by atoms with E-state index in [2.05, 4.69) is 38.3 Å².